The molecule has 1 aromatic heterocycles. The zero-order chi connectivity index (χ0) is 15.4. The van der Waals surface area contributed by atoms with Gasteiger partial charge in [-0.1, -0.05) is 6.07 Å². The second kappa shape index (κ2) is 6.21. The number of aromatic carboxylic acids is 1. The molecule has 0 aliphatic carbocycles. The van der Waals surface area contributed by atoms with E-state index in [9.17, 15) is 4.79 Å². The lowest BCUT2D eigenvalue weighted by atomic mass is 10.1. The molecule has 1 N–H and O–H groups in total. The summed E-state index contributed by atoms with van der Waals surface area (Å²) >= 11 is 0. The van der Waals surface area contributed by atoms with Gasteiger partial charge >= 0.3 is 5.97 Å². The number of carboxylic acids is 1. The van der Waals surface area contributed by atoms with Crippen molar-refractivity contribution >= 4 is 5.97 Å². The number of ether oxygens (including phenoxy) is 2. The summed E-state index contributed by atoms with van der Waals surface area (Å²) in [5.41, 5.74) is 1.53. The monoisotopic (exact) mass is 288 g/mol. The molecule has 0 aliphatic rings. The third-order valence-electron chi connectivity index (χ3n) is 2.93. The number of aromatic nitrogens is 2. The lowest BCUT2D eigenvalue weighted by molar-refractivity contribution is 0.0689. The van der Waals surface area contributed by atoms with Gasteiger partial charge in [0.1, 0.15) is 5.82 Å². The number of aryl methyl sites for hydroxylation is 1. The van der Waals surface area contributed by atoms with E-state index >= 15 is 0 Å². The molecule has 1 aromatic carbocycles. The van der Waals surface area contributed by atoms with E-state index in [2.05, 4.69) is 9.97 Å². The summed E-state index contributed by atoms with van der Waals surface area (Å²) in [4.78, 5) is 19.3. The highest BCUT2D eigenvalue weighted by Crippen LogP contribution is 2.28. The SMILES string of the molecule is COc1ccc(Cc2nc(C)cc(C(=O)O)n2)cc1OC. The fourth-order valence-corrected chi connectivity index (χ4v) is 1.99. The zero-order valence-electron chi connectivity index (χ0n) is 12.1. The van der Waals surface area contributed by atoms with Crippen LogP contribution in [0.5, 0.6) is 11.5 Å². The third-order valence-corrected chi connectivity index (χ3v) is 2.93. The molecule has 0 radical (unpaired) electrons. The van der Waals surface area contributed by atoms with Gasteiger partial charge in [-0.05, 0) is 30.7 Å². The largest absolute Gasteiger partial charge is 0.493 e. The average Bonchev–Trinajstić information content (AvgIpc) is 2.46. The Bertz CT molecular complexity index is 671. The lowest BCUT2D eigenvalue weighted by Crippen LogP contribution is -2.07. The Morgan fingerprint density at radius 3 is 2.48 bits per heavy atom. The third kappa shape index (κ3) is 3.47. The molecule has 0 atom stereocenters. The molecule has 0 unspecified atom stereocenters. The van der Waals surface area contributed by atoms with Crippen molar-refractivity contribution < 1.29 is 19.4 Å². The van der Waals surface area contributed by atoms with Crippen LogP contribution in [-0.4, -0.2) is 35.3 Å². The highest BCUT2D eigenvalue weighted by atomic mass is 16.5. The second-order valence-corrected chi connectivity index (χ2v) is 4.48. The average molecular weight is 288 g/mol. The van der Waals surface area contributed by atoms with Crippen LogP contribution < -0.4 is 9.47 Å². The molecule has 0 bridgehead atoms. The molecule has 0 saturated heterocycles. The number of carboxylic acid groups (broad SMARTS) is 1. The van der Waals surface area contributed by atoms with E-state index in [1.807, 2.05) is 12.1 Å². The molecule has 0 spiro atoms. The molecule has 0 aliphatic heterocycles. The van der Waals surface area contributed by atoms with Crippen LogP contribution in [0.25, 0.3) is 0 Å². The number of methoxy groups -OCH3 is 2. The predicted molar refractivity (Wildman–Crippen MR) is 76.1 cm³/mol. The summed E-state index contributed by atoms with van der Waals surface area (Å²) < 4.78 is 10.4. The van der Waals surface area contributed by atoms with Gasteiger partial charge in [0.25, 0.3) is 0 Å². The number of nitrogens with zero attached hydrogens (tertiary/aromatic N) is 2. The van der Waals surface area contributed by atoms with Gasteiger partial charge in [0, 0.05) is 12.1 Å². The number of carbonyl (C=O) groups is 1. The highest BCUT2D eigenvalue weighted by molar-refractivity contribution is 5.85. The van der Waals surface area contributed by atoms with E-state index in [-0.39, 0.29) is 5.69 Å². The Kier molecular flexibility index (Phi) is 4.37. The normalized spacial score (nSPS) is 10.2. The lowest BCUT2D eigenvalue weighted by Gasteiger charge is -2.09. The van der Waals surface area contributed by atoms with Crippen LogP contribution in [0.4, 0.5) is 0 Å². The van der Waals surface area contributed by atoms with Crippen molar-refractivity contribution in [1.29, 1.82) is 0 Å². The molecule has 6 nitrogen and oxygen atoms in total. The Morgan fingerprint density at radius 2 is 1.86 bits per heavy atom. The summed E-state index contributed by atoms with van der Waals surface area (Å²) in [6.45, 7) is 1.74. The van der Waals surface area contributed by atoms with Gasteiger partial charge in [-0.3, -0.25) is 0 Å². The molecular weight excluding hydrogens is 272 g/mol. The van der Waals surface area contributed by atoms with Crippen LogP contribution in [0.15, 0.2) is 24.3 Å². The molecule has 1 heterocycles. The molecule has 2 rings (SSSR count). The molecule has 2 aromatic rings. The van der Waals surface area contributed by atoms with E-state index in [1.54, 1.807) is 27.2 Å². The summed E-state index contributed by atoms with van der Waals surface area (Å²) in [6, 6.07) is 6.93. The molecule has 0 saturated carbocycles. The van der Waals surface area contributed by atoms with Gasteiger partial charge in [-0.2, -0.15) is 0 Å². The van der Waals surface area contributed by atoms with Gasteiger partial charge in [-0.15, -0.1) is 0 Å². The van der Waals surface area contributed by atoms with E-state index in [0.29, 0.717) is 29.4 Å². The maximum absolute atomic E-state index is 11.0. The zero-order valence-corrected chi connectivity index (χ0v) is 12.1. The minimum absolute atomic E-state index is 0.00187. The van der Waals surface area contributed by atoms with Gasteiger partial charge < -0.3 is 14.6 Å². The summed E-state index contributed by atoms with van der Waals surface area (Å²) in [7, 11) is 3.13. The van der Waals surface area contributed by atoms with Crippen LogP contribution >= 0.6 is 0 Å². The van der Waals surface area contributed by atoms with Crippen molar-refractivity contribution in [3.63, 3.8) is 0 Å². The maximum atomic E-state index is 11.0. The first-order chi connectivity index (χ1) is 10.0. The van der Waals surface area contributed by atoms with Crippen molar-refractivity contribution in [3.05, 3.63) is 47.0 Å². The van der Waals surface area contributed by atoms with Gasteiger partial charge in [0.15, 0.2) is 17.2 Å². The number of hydrogen-bond donors (Lipinski definition) is 1. The van der Waals surface area contributed by atoms with Crippen molar-refractivity contribution in [3.8, 4) is 11.5 Å². The quantitative estimate of drug-likeness (QED) is 0.907. The van der Waals surface area contributed by atoms with E-state index in [0.717, 1.165) is 5.56 Å². The first-order valence-electron chi connectivity index (χ1n) is 6.32. The van der Waals surface area contributed by atoms with Crippen LogP contribution in [0.1, 0.15) is 27.6 Å². The summed E-state index contributed by atoms with van der Waals surface area (Å²) in [6.07, 6.45) is 0.419. The van der Waals surface area contributed by atoms with Crippen LogP contribution in [0.2, 0.25) is 0 Å². The Morgan fingerprint density at radius 1 is 1.14 bits per heavy atom. The van der Waals surface area contributed by atoms with Crippen molar-refractivity contribution in [2.75, 3.05) is 14.2 Å². The molecule has 6 heteroatoms. The van der Waals surface area contributed by atoms with Gasteiger partial charge in [-0.25, -0.2) is 14.8 Å². The predicted octanol–water partition coefficient (Wildman–Crippen LogP) is 2.09. The molecule has 21 heavy (non-hydrogen) atoms. The van der Waals surface area contributed by atoms with E-state index in [4.69, 9.17) is 14.6 Å². The molecule has 110 valence electrons. The molecular formula is C15H16N2O4. The molecule has 0 amide bonds. The Balaban J connectivity index is 2.31. The molecule has 0 fully saturated rings. The summed E-state index contributed by atoms with van der Waals surface area (Å²) in [5.74, 6) is 0.646. The van der Waals surface area contributed by atoms with Crippen molar-refractivity contribution in [2.24, 2.45) is 0 Å². The number of benzene rings is 1. The maximum Gasteiger partial charge on any atom is 0.354 e. The van der Waals surface area contributed by atoms with Gasteiger partial charge in [0.2, 0.25) is 0 Å². The second-order valence-electron chi connectivity index (χ2n) is 4.48. The van der Waals surface area contributed by atoms with E-state index < -0.39 is 5.97 Å². The van der Waals surface area contributed by atoms with Crippen molar-refractivity contribution in [1.82, 2.24) is 9.97 Å². The Hall–Kier alpha value is -2.63. The first-order valence-corrected chi connectivity index (χ1v) is 6.32. The van der Waals surface area contributed by atoms with Gasteiger partial charge in [0.05, 0.1) is 14.2 Å². The number of hydrogen-bond acceptors (Lipinski definition) is 5. The topological polar surface area (TPSA) is 81.5 Å². The highest BCUT2D eigenvalue weighted by Gasteiger charge is 2.11. The van der Waals surface area contributed by atoms with Crippen LogP contribution in [0.3, 0.4) is 0 Å². The standard InChI is InChI=1S/C15H16N2O4/c1-9-6-11(15(18)19)17-14(16-9)8-10-4-5-12(20-2)13(7-10)21-3/h4-7H,8H2,1-3H3,(H,18,19). The fourth-order valence-electron chi connectivity index (χ4n) is 1.99. The summed E-state index contributed by atoms with van der Waals surface area (Å²) in [5, 5.41) is 9.02. The number of rotatable bonds is 5. The smallest absolute Gasteiger partial charge is 0.354 e. The van der Waals surface area contributed by atoms with Crippen LogP contribution in [0, 0.1) is 6.92 Å². The Labute approximate surface area is 122 Å². The first kappa shape index (κ1) is 14.8. The van der Waals surface area contributed by atoms with Crippen molar-refractivity contribution in [2.45, 2.75) is 13.3 Å². The van der Waals surface area contributed by atoms with E-state index in [1.165, 1.54) is 6.07 Å². The minimum atomic E-state index is -1.06. The minimum Gasteiger partial charge on any atom is -0.493 e. The van der Waals surface area contributed by atoms with Crippen LogP contribution in [-0.2, 0) is 6.42 Å². The fraction of sp³-hybridized carbons (Fsp3) is 0.267.